The van der Waals surface area contributed by atoms with Crippen molar-refractivity contribution in [3.63, 3.8) is 0 Å². The van der Waals surface area contributed by atoms with Crippen LogP contribution in [0.5, 0.6) is 0 Å². The minimum atomic E-state index is 0.282. The molecule has 0 unspecified atom stereocenters. The van der Waals surface area contributed by atoms with Gasteiger partial charge < -0.3 is 0 Å². The van der Waals surface area contributed by atoms with Crippen LogP contribution in [-0.4, -0.2) is 22.9 Å². The fourth-order valence-electron chi connectivity index (χ4n) is 1.08. The maximum absolute atomic E-state index is 8.97. The van der Waals surface area contributed by atoms with Crippen molar-refractivity contribution in [3.05, 3.63) is 35.9 Å². The number of hydroxylamine groups is 1. The minimum absolute atomic E-state index is 0.282. The molecule has 4 heteroatoms. The van der Waals surface area contributed by atoms with E-state index in [2.05, 4.69) is 10.4 Å². The van der Waals surface area contributed by atoms with Crippen molar-refractivity contribution in [2.24, 2.45) is 4.99 Å². The van der Waals surface area contributed by atoms with E-state index in [1.54, 1.807) is 0 Å². The molecule has 0 aliphatic carbocycles. The molecular weight excluding hydrogens is 154 g/mol. The summed E-state index contributed by atoms with van der Waals surface area (Å²) in [6, 6.07) is 9.67. The van der Waals surface area contributed by atoms with Gasteiger partial charge in [-0.15, -0.1) is 0 Å². The second-order valence-corrected chi connectivity index (χ2v) is 2.53. The van der Waals surface area contributed by atoms with Gasteiger partial charge in [0.25, 0.3) is 0 Å². The van der Waals surface area contributed by atoms with Crippen molar-refractivity contribution in [3.8, 4) is 0 Å². The number of nitrogens with zero attached hydrogens (tertiary/aromatic N) is 2. The molecule has 1 aliphatic rings. The van der Waals surface area contributed by atoms with Gasteiger partial charge >= 0.3 is 0 Å². The van der Waals surface area contributed by atoms with Gasteiger partial charge in [-0.25, -0.2) is 4.99 Å². The summed E-state index contributed by atoms with van der Waals surface area (Å²) in [5.41, 5.74) is 3.69. The molecule has 0 bridgehead atoms. The molecule has 0 amide bonds. The van der Waals surface area contributed by atoms with Gasteiger partial charge in [0.2, 0.25) is 0 Å². The van der Waals surface area contributed by atoms with E-state index in [4.69, 9.17) is 5.21 Å². The van der Waals surface area contributed by atoms with E-state index in [0.29, 0.717) is 5.84 Å². The largest absolute Gasteiger partial charge is 0.293 e. The first kappa shape index (κ1) is 7.27. The molecule has 2 rings (SSSR count). The highest BCUT2D eigenvalue weighted by Crippen LogP contribution is 2.03. The average molecular weight is 163 g/mol. The lowest BCUT2D eigenvalue weighted by Crippen LogP contribution is -2.33. The zero-order chi connectivity index (χ0) is 8.39. The number of nitrogens with one attached hydrogen (secondary N) is 1. The molecule has 4 nitrogen and oxygen atoms in total. The molecule has 0 aromatic heterocycles. The first-order valence-corrected chi connectivity index (χ1v) is 3.69. The monoisotopic (exact) mass is 163 g/mol. The Kier molecular flexibility index (Phi) is 1.77. The molecule has 12 heavy (non-hydrogen) atoms. The fourth-order valence-corrected chi connectivity index (χ4v) is 1.08. The summed E-state index contributed by atoms with van der Waals surface area (Å²) in [7, 11) is 0. The van der Waals surface area contributed by atoms with Crippen LogP contribution < -0.4 is 5.43 Å². The summed E-state index contributed by atoms with van der Waals surface area (Å²) in [5.74, 6) is 0.707. The molecule has 0 spiro atoms. The molecule has 0 saturated heterocycles. The van der Waals surface area contributed by atoms with Crippen LogP contribution in [0.25, 0.3) is 0 Å². The second kappa shape index (κ2) is 2.92. The maximum Gasteiger partial charge on any atom is 0.146 e. The van der Waals surface area contributed by atoms with Gasteiger partial charge in [-0.05, 0) is 0 Å². The zero-order valence-corrected chi connectivity index (χ0v) is 6.44. The van der Waals surface area contributed by atoms with Crippen molar-refractivity contribution in [1.29, 1.82) is 0 Å². The molecule has 1 aromatic rings. The highest BCUT2D eigenvalue weighted by Gasteiger charge is 2.12. The number of rotatable bonds is 1. The molecule has 62 valence electrons. The van der Waals surface area contributed by atoms with Crippen LogP contribution >= 0.6 is 0 Å². The number of hydrazine groups is 1. The van der Waals surface area contributed by atoms with E-state index in [0.717, 1.165) is 10.7 Å². The summed E-state index contributed by atoms with van der Waals surface area (Å²) in [6.07, 6.45) is 0. The van der Waals surface area contributed by atoms with Gasteiger partial charge in [-0.2, -0.15) is 0 Å². The van der Waals surface area contributed by atoms with Crippen LogP contribution in [0, 0.1) is 0 Å². The van der Waals surface area contributed by atoms with Crippen LogP contribution in [0.2, 0.25) is 0 Å². The van der Waals surface area contributed by atoms with Crippen molar-refractivity contribution >= 4 is 5.84 Å². The average Bonchev–Trinajstić information content (AvgIpc) is 2.54. The van der Waals surface area contributed by atoms with E-state index in [1.165, 1.54) is 0 Å². The SMILES string of the molecule is ON1CN=C(c2ccccc2)N1. The summed E-state index contributed by atoms with van der Waals surface area (Å²) >= 11 is 0. The minimum Gasteiger partial charge on any atom is -0.293 e. The number of amidine groups is 1. The summed E-state index contributed by atoms with van der Waals surface area (Å²) in [6.45, 7) is 0.282. The lowest BCUT2D eigenvalue weighted by atomic mass is 10.2. The molecule has 0 fully saturated rings. The van der Waals surface area contributed by atoms with E-state index >= 15 is 0 Å². The molecule has 0 atom stereocenters. The van der Waals surface area contributed by atoms with Gasteiger partial charge in [0.15, 0.2) is 0 Å². The van der Waals surface area contributed by atoms with Crippen LogP contribution in [0.3, 0.4) is 0 Å². The fraction of sp³-hybridized carbons (Fsp3) is 0.125. The Morgan fingerprint density at radius 1 is 1.33 bits per heavy atom. The Bertz CT molecular complexity index is 296. The lowest BCUT2D eigenvalue weighted by molar-refractivity contribution is -0.105. The van der Waals surface area contributed by atoms with Crippen molar-refractivity contribution in [2.75, 3.05) is 6.67 Å². The quantitative estimate of drug-likeness (QED) is 0.637. The molecule has 1 aliphatic heterocycles. The Morgan fingerprint density at radius 3 is 2.67 bits per heavy atom. The molecule has 2 N–H and O–H groups in total. The van der Waals surface area contributed by atoms with Crippen molar-refractivity contribution in [2.45, 2.75) is 0 Å². The number of hydrogen-bond acceptors (Lipinski definition) is 4. The standard InChI is InChI=1S/C8H9N3O/c12-11-6-9-8(10-11)7-4-2-1-3-5-7/h1-5,12H,6H2,(H,9,10). The van der Waals surface area contributed by atoms with Gasteiger partial charge in [0.1, 0.15) is 12.5 Å². The second-order valence-electron chi connectivity index (χ2n) is 2.53. The van der Waals surface area contributed by atoms with E-state index in [9.17, 15) is 0 Å². The normalized spacial score (nSPS) is 17.2. The van der Waals surface area contributed by atoms with Crippen molar-refractivity contribution in [1.82, 2.24) is 10.6 Å². The van der Waals surface area contributed by atoms with Crippen LogP contribution in [0.15, 0.2) is 35.3 Å². The van der Waals surface area contributed by atoms with Gasteiger partial charge in [-0.1, -0.05) is 35.5 Å². The van der Waals surface area contributed by atoms with Crippen LogP contribution in [0.1, 0.15) is 5.56 Å². The predicted molar refractivity (Wildman–Crippen MR) is 44.6 cm³/mol. The van der Waals surface area contributed by atoms with E-state index < -0.39 is 0 Å². The lowest BCUT2D eigenvalue weighted by Gasteiger charge is -2.06. The summed E-state index contributed by atoms with van der Waals surface area (Å²) in [4.78, 5) is 4.07. The maximum atomic E-state index is 8.97. The first-order chi connectivity index (χ1) is 5.86. The first-order valence-electron chi connectivity index (χ1n) is 3.69. The molecule has 0 radical (unpaired) electrons. The number of hydrogen-bond donors (Lipinski definition) is 2. The molecular formula is C8H9N3O. The third-order valence-electron chi connectivity index (χ3n) is 1.64. The van der Waals surface area contributed by atoms with Crippen LogP contribution in [-0.2, 0) is 0 Å². The predicted octanol–water partition coefficient (Wildman–Crippen LogP) is 0.600. The van der Waals surface area contributed by atoms with Crippen LogP contribution in [0.4, 0.5) is 0 Å². The Morgan fingerprint density at radius 2 is 2.08 bits per heavy atom. The van der Waals surface area contributed by atoms with Crippen molar-refractivity contribution < 1.29 is 5.21 Å². The van der Waals surface area contributed by atoms with E-state index in [1.807, 2.05) is 30.3 Å². The molecule has 1 aromatic carbocycles. The Labute approximate surface area is 70.1 Å². The number of benzene rings is 1. The topological polar surface area (TPSA) is 47.9 Å². The molecule has 1 heterocycles. The Balaban J connectivity index is 2.22. The zero-order valence-electron chi connectivity index (χ0n) is 6.44. The Hall–Kier alpha value is -1.39. The number of aliphatic imine (C=N–C) groups is 1. The van der Waals surface area contributed by atoms with Gasteiger partial charge in [-0.3, -0.25) is 10.6 Å². The smallest absolute Gasteiger partial charge is 0.146 e. The highest BCUT2D eigenvalue weighted by atomic mass is 16.5. The summed E-state index contributed by atoms with van der Waals surface area (Å²) in [5, 5.41) is 9.92. The summed E-state index contributed by atoms with van der Waals surface area (Å²) < 4.78 is 0. The van der Waals surface area contributed by atoms with E-state index in [-0.39, 0.29) is 6.67 Å². The third kappa shape index (κ3) is 1.30. The highest BCUT2D eigenvalue weighted by molar-refractivity contribution is 5.99. The van der Waals surface area contributed by atoms with Gasteiger partial charge in [0.05, 0.1) is 0 Å². The molecule has 0 saturated carbocycles. The van der Waals surface area contributed by atoms with Gasteiger partial charge in [0, 0.05) is 5.56 Å². The third-order valence-corrected chi connectivity index (χ3v) is 1.64.